The zero-order valence-corrected chi connectivity index (χ0v) is 7.65. The van der Waals surface area contributed by atoms with E-state index in [1.165, 1.54) is 6.26 Å². The van der Waals surface area contributed by atoms with Crippen LogP contribution in [-0.2, 0) is 9.84 Å². The van der Waals surface area contributed by atoms with Crippen LogP contribution in [0.15, 0.2) is 24.3 Å². The molecule has 0 aromatic carbocycles. The van der Waals surface area contributed by atoms with Crippen LogP contribution in [0.4, 0.5) is 0 Å². The van der Waals surface area contributed by atoms with E-state index in [4.69, 9.17) is 12.2 Å². The lowest BCUT2D eigenvalue weighted by atomic mass is 10.2. The molecule has 11 heavy (non-hydrogen) atoms. The summed E-state index contributed by atoms with van der Waals surface area (Å²) in [4.78, 5) is 0.468. The largest absolute Gasteiger partial charge is 0.228 e. The molecule has 0 fully saturated rings. The maximum absolute atomic E-state index is 11.0. The fourth-order valence-electron chi connectivity index (χ4n) is 0.859. The molecule has 0 radical (unpaired) electrons. The first kappa shape index (κ1) is 8.62. The van der Waals surface area contributed by atoms with E-state index in [1.807, 2.05) is 0 Å². The van der Waals surface area contributed by atoms with Crippen molar-refractivity contribution in [3.05, 3.63) is 24.3 Å². The molecule has 0 bridgehead atoms. The summed E-state index contributed by atoms with van der Waals surface area (Å²) in [6.07, 6.45) is 7.86. The van der Waals surface area contributed by atoms with Crippen LogP contribution < -0.4 is 0 Å². The van der Waals surface area contributed by atoms with E-state index in [0.717, 1.165) is 0 Å². The second-order valence-corrected chi connectivity index (χ2v) is 5.03. The summed E-state index contributed by atoms with van der Waals surface area (Å²) in [6, 6.07) is 0. The molecule has 0 heterocycles. The average Bonchev–Trinajstić information content (AvgIpc) is 1.86. The summed E-state index contributed by atoms with van der Waals surface area (Å²) in [7, 11) is -3.05. The molecule has 0 saturated heterocycles. The topological polar surface area (TPSA) is 34.1 Å². The van der Waals surface area contributed by atoms with E-state index >= 15 is 0 Å². The molecule has 0 N–H and O–H groups in total. The summed E-state index contributed by atoms with van der Waals surface area (Å²) in [5.41, 5.74) is 0. The first-order valence-electron chi connectivity index (χ1n) is 3.09. The lowest BCUT2D eigenvalue weighted by molar-refractivity contribution is 0.601. The van der Waals surface area contributed by atoms with Crippen LogP contribution in [-0.4, -0.2) is 24.8 Å². The Morgan fingerprint density at radius 2 is 2.09 bits per heavy atom. The highest BCUT2D eigenvalue weighted by molar-refractivity contribution is 7.94. The fourth-order valence-corrected chi connectivity index (χ4v) is 2.42. The number of hydrogen-bond donors (Lipinski definition) is 0. The maximum atomic E-state index is 11.0. The highest BCUT2D eigenvalue weighted by atomic mass is 32.2. The van der Waals surface area contributed by atoms with Crippen LogP contribution in [0.25, 0.3) is 0 Å². The van der Waals surface area contributed by atoms with Gasteiger partial charge in [0.1, 0.15) is 5.25 Å². The zero-order valence-electron chi connectivity index (χ0n) is 6.02. The zero-order chi connectivity index (χ0) is 8.48. The molecule has 0 saturated carbocycles. The van der Waals surface area contributed by atoms with Gasteiger partial charge in [-0.25, -0.2) is 8.42 Å². The summed E-state index contributed by atoms with van der Waals surface area (Å²) < 4.78 is 22.0. The summed E-state index contributed by atoms with van der Waals surface area (Å²) in [6.45, 7) is 0. The van der Waals surface area contributed by atoms with Crippen molar-refractivity contribution >= 4 is 26.9 Å². The number of thiocarbonyl (C=S) groups is 1. The average molecular weight is 188 g/mol. The predicted molar refractivity (Wildman–Crippen MR) is 49.5 cm³/mol. The number of rotatable bonds is 1. The van der Waals surface area contributed by atoms with Gasteiger partial charge in [-0.3, -0.25) is 0 Å². The van der Waals surface area contributed by atoms with Gasteiger partial charge in [0.2, 0.25) is 0 Å². The first-order valence-corrected chi connectivity index (χ1v) is 5.45. The van der Waals surface area contributed by atoms with Crippen molar-refractivity contribution in [3.8, 4) is 0 Å². The molecule has 1 aliphatic carbocycles. The second-order valence-electron chi connectivity index (χ2n) is 2.40. The Hall–Kier alpha value is -0.480. The van der Waals surface area contributed by atoms with Crippen molar-refractivity contribution in [3.63, 3.8) is 0 Å². The fraction of sp³-hybridized carbons (Fsp3) is 0.286. The van der Waals surface area contributed by atoms with Crippen LogP contribution in [0.5, 0.6) is 0 Å². The standard InChI is InChI=1S/C7H8O2S2/c1-11(8,9)7-5-3-2-4-6(7)10/h2-5,7H,1H3. The normalized spacial score (nSPS) is 24.1. The lowest BCUT2D eigenvalue weighted by Crippen LogP contribution is -2.25. The minimum atomic E-state index is -3.05. The van der Waals surface area contributed by atoms with Crippen molar-refractivity contribution in [2.75, 3.05) is 6.26 Å². The van der Waals surface area contributed by atoms with Crippen molar-refractivity contribution in [2.45, 2.75) is 5.25 Å². The van der Waals surface area contributed by atoms with Crippen LogP contribution in [0.1, 0.15) is 0 Å². The minimum absolute atomic E-state index is 0.468. The molecule has 0 aromatic heterocycles. The molecular weight excluding hydrogens is 180 g/mol. The first-order chi connectivity index (χ1) is 5.02. The molecule has 0 amide bonds. The van der Waals surface area contributed by atoms with Crippen LogP contribution in [0, 0.1) is 0 Å². The van der Waals surface area contributed by atoms with Crippen LogP contribution in [0.2, 0.25) is 0 Å². The molecule has 1 aliphatic rings. The smallest absolute Gasteiger partial charge is 0.158 e. The SMILES string of the molecule is CS(=O)(=O)C1C=CC=CC1=S. The van der Waals surface area contributed by atoms with Crippen molar-refractivity contribution < 1.29 is 8.42 Å². The van der Waals surface area contributed by atoms with E-state index < -0.39 is 15.1 Å². The third-order valence-corrected chi connectivity index (χ3v) is 3.27. The Kier molecular flexibility index (Phi) is 2.25. The molecule has 1 atom stereocenters. The maximum Gasteiger partial charge on any atom is 0.158 e. The quantitative estimate of drug-likeness (QED) is 0.573. The molecule has 0 spiro atoms. The number of hydrogen-bond acceptors (Lipinski definition) is 3. The van der Waals surface area contributed by atoms with Crippen LogP contribution in [0.3, 0.4) is 0 Å². The molecular formula is C7H8O2S2. The number of sulfone groups is 1. The molecule has 2 nitrogen and oxygen atoms in total. The Morgan fingerprint density at radius 3 is 2.45 bits per heavy atom. The monoisotopic (exact) mass is 188 g/mol. The molecule has 0 aromatic rings. The van der Waals surface area contributed by atoms with Crippen molar-refractivity contribution in [2.24, 2.45) is 0 Å². The second kappa shape index (κ2) is 2.87. The Morgan fingerprint density at radius 1 is 1.45 bits per heavy atom. The van der Waals surface area contributed by atoms with Gasteiger partial charge >= 0.3 is 0 Å². The van der Waals surface area contributed by atoms with Gasteiger partial charge in [0.05, 0.1) is 0 Å². The van der Waals surface area contributed by atoms with Crippen molar-refractivity contribution in [1.29, 1.82) is 0 Å². The van der Waals surface area contributed by atoms with Gasteiger partial charge in [0, 0.05) is 11.1 Å². The predicted octanol–water partition coefficient (Wildman–Crippen LogP) is 0.896. The third kappa shape index (κ3) is 1.97. The molecule has 1 rings (SSSR count). The van der Waals surface area contributed by atoms with Gasteiger partial charge in [-0.15, -0.1) is 0 Å². The number of allylic oxidation sites excluding steroid dienone is 3. The summed E-state index contributed by atoms with van der Waals surface area (Å²) >= 11 is 4.86. The van der Waals surface area contributed by atoms with Gasteiger partial charge in [-0.2, -0.15) is 0 Å². The van der Waals surface area contributed by atoms with Gasteiger partial charge in [-0.05, 0) is 6.08 Å². The van der Waals surface area contributed by atoms with E-state index in [1.54, 1.807) is 24.3 Å². The van der Waals surface area contributed by atoms with E-state index in [-0.39, 0.29) is 0 Å². The Bertz CT molecular complexity index is 322. The molecule has 1 unspecified atom stereocenters. The highest BCUT2D eigenvalue weighted by Gasteiger charge is 2.21. The van der Waals surface area contributed by atoms with Gasteiger partial charge in [0.25, 0.3) is 0 Å². The Balaban J connectivity index is 3.01. The van der Waals surface area contributed by atoms with Gasteiger partial charge in [0.15, 0.2) is 9.84 Å². The minimum Gasteiger partial charge on any atom is -0.228 e. The lowest BCUT2D eigenvalue weighted by Gasteiger charge is -2.10. The van der Waals surface area contributed by atoms with Gasteiger partial charge in [-0.1, -0.05) is 30.4 Å². The summed E-state index contributed by atoms with van der Waals surface area (Å²) in [5.74, 6) is 0. The van der Waals surface area contributed by atoms with Crippen LogP contribution >= 0.6 is 12.2 Å². The molecule has 0 aliphatic heterocycles. The highest BCUT2D eigenvalue weighted by Crippen LogP contribution is 2.09. The van der Waals surface area contributed by atoms with E-state index in [9.17, 15) is 8.42 Å². The van der Waals surface area contributed by atoms with Crippen molar-refractivity contribution in [1.82, 2.24) is 0 Å². The Labute approximate surface area is 71.5 Å². The third-order valence-electron chi connectivity index (χ3n) is 1.40. The molecule has 4 heteroatoms. The molecule has 60 valence electrons. The van der Waals surface area contributed by atoms with Gasteiger partial charge < -0.3 is 0 Å². The van der Waals surface area contributed by atoms with E-state index in [0.29, 0.717) is 4.86 Å². The summed E-state index contributed by atoms with van der Waals surface area (Å²) in [5, 5.41) is -0.595. The van der Waals surface area contributed by atoms with E-state index in [2.05, 4.69) is 0 Å².